The second kappa shape index (κ2) is 6.18. The summed E-state index contributed by atoms with van der Waals surface area (Å²) in [6.45, 7) is 5.92. The number of fused-ring (bicyclic) bond motifs is 1. The van der Waals surface area contributed by atoms with Crippen LogP contribution < -0.4 is 8.01 Å². The summed E-state index contributed by atoms with van der Waals surface area (Å²) in [6, 6.07) is 1.87. The Morgan fingerprint density at radius 1 is 1.33 bits per heavy atom. The lowest BCUT2D eigenvalue weighted by Crippen LogP contribution is -2.32. The number of hydrogen-bond donors (Lipinski definition) is 0. The van der Waals surface area contributed by atoms with Gasteiger partial charge < -0.3 is 9.32 Å². The molecule has 1 aliphatic rings. The first kappa shape index (κ1) is 18.2. The van der Waals surface area contributed by atoms with E-state index in [0.29, 0.717) is 28.2 Å². The predicted octanol–water partition coefficient (Wildman–Crippen LogP) is 3.56. The van der Waals surface area contributed by atoms with E-state index in [4.69, 9.17) is 4.42 Å². The van der Waals surface area contributed by atoms with Crippen molar-refractivity contribution >= 4 is 51.5 Å². The zero-order chi connectivity index (χ0) is 19.5. The number of carbonyl (C=O) groups excluding carboxylic acids is 1. The number of aromatic nitrogens is 4. The fraction of sp³-hybridized carbons (Fsp3) is 0.444. The van der Waals surface area contributed by atoms with Crippen molar-refractivity contribution in [3.63, 3.8) is 0 Å². The van der Waals surface area contributed by atoms with Crippen molar-refractivity contribution in [3.8, 4) is 0 Å². The number of anilines is 2. The number of nitrogens with zero attached hydrogens (tertiary/aromatic N) is 6. The summed E-state index contributed by atoms with van der Waals surface area (Å²) in [5.41, 5.74) is 1.95. The van der Waals surface area contributed by atoms with Gasteiger partial charge in [-0.2, -0.15) is 5.10 Å². The standard InChI is InChI=1S/C18H21IN6O2/c1-10-8-12(22-24(10)5)25(19)17(26)13-11(2)27-16-14(13)15(20-9-21-16)23(4)18(3)6-7-18/h8-9H,6-7H2,1-5H3. The van der Waals surface area contributed by atoms with E-state index in [9.17, 15) is 4.79 Å². The highest BCUT2D eigenvalue weighted by Gasteiger charge is 2.43. The molecule has 1 aliphatic carbocycles. The molecule has 1 fully saturated rings. The van der Waals surface area contributed by atoms with Crippen LogP contribution in [0.15, 0.2) is 16.8 Å². The normalized spacial score (nSPS) is 15.2. The Labute approximate surface area is 171 Å². The number of aryl methyl sites for hydroxylation is 3. The topological polar surface area (TPSA) is 80.3 Å². The average molecular weight is 480 g/mol. The van der Waals surface area contributed by atoms with Gasteiger partial charge in [-0.3, -0.25) is 9.48 Å². The molecule has 4 rings (SSSR count). The van der Waals surface area contributed by atoms with Crippen LogP contribution in [0.2, 0.25) is 0 Å². The van der Waals surface area contributed by atoms with Gasteiger partial charge in [0.2, 0.25) is 5.71 Å². The lowest BCUT2D eigenvalue weighted by atomic mass is 10.1. The molecule has 0 aromatic carbocycles. The molecule has 0 N–H and O–H groups in total. The van der Waals surface area contributed by atoms with E-state index in [2.05, 4.69) is 26.9 Å². The van der Waals surface area contributed by atoms with Crippen LogP contribution in [0.25, 0.3) is 11.1 Å². The van der Waals surface area contributed by atoms with E-state index in [-0.39, 0.29) is 11.4 Å². The van der Waals surface area contributed by atoms with E-state index in [1.54, 1.807) is 11.6 Å². The summed E-state index contributed by atoms with van der Waals surface area (Å²) < 4.78 is 9.06. The maximum Gasteiger partial charge on any atom is 0.272 e. The molecule has 9 heteroatoms. The molecule has 0 atom stereocenters. The quantitative estimate of drug-likeness (QED) is 0.420. The molecule has 0 radical (unpaired) electrons. The van der Waals surface area contributed by atoms with Gasteiger partial charge in [0.1, 0.15) is 17.9 Å². The first-order chi connectivity index (χ1) is 12.7. The highest BCUT2D eigenvalue weighted by atomic mass is 127. The largest absolute Gasteiger partial charge is 0.442 e. The molecule has 1 saturated carbocycles. The highest BCUT2D eigenvalue weighted by Crippen LogP contribution is 2.44. The first-order valence-corrected chi connectivity index (χ1v) is 9.68. The number of halogens is 1. The Bertz CT molecular complexity index is 1030. The van der Waals surface area contributed by atoms with Crippen molar-refractivity contribution in [2.45, 2.75) is 39.2 Å². The molecule has 0 bridgehead atoms. The minimum atomic E-state index is -0.199. The monoisotopic (exact) mass is 480 g/mol. The molecule has 142 valence electrons. The Balaban J connectivity index is 1.83. The second-order valence-electron chi connectivity index (χ2n) is 7.32. The number of furan rings is 1. The molecular formula is C18H21IN6O2. The summed E-state index contributed by atoms with van der Waals surface area (Å²) in [5.74, 6) is 1.63. The Morgan fingerprint density at radius 3 is 2.63 bits per heavy atom. The van der Waals surface area contributed by atoms with Crippen LogP contribution in [0.4, 0.5) is 11.6 Å². The summed E-state index contributed by atoms with van der Waals surface area (Å²) in [4.78, 5) is 24.2. The van der Waals surface area contributed by atoms with E-state index in [0.717, 1.165) is 24.4 Å². The van der Waals surface area contributed by atoms with Crippen molar-refractivity contribution in [2.75, 3.05) is 15.1 Å². The average Bonchev–Trinajstić information content (AvgIpc) is 3.17. The fourth-order valence-electron chi connectivity index (χ4n) is 3.15. The number of amides is 1. The van der Waals surface area contributed by atoms with E-state index < -0.39 is 0 Å². The van der Waals surface area contributed by atoms with Crippen molar-refractivity contribution in [1.29, 1.82) is 0 Å². The van der Waals surface area contributed by atoms with Gasteiger partial charge in [-0.25, -0.2) is 13.1 Å². The number of rotatable bonds is 4. The van der Waals surface area contributed by atoms with Gasteiger partial charge in [-0.15, -0.1) is 0 Å². The molecule has 0 aliphatic heterocycles. The van der Waals surface area contributed by atoms with Gasteiger partial charge in [0.25, 0.3) is 5.91 Å². The lowest BCUT2D eigenvalue weighted by molar-refractivity contribution is 0.101. The third-order valence-electron chi connectivity index (χ3n) is 5.44. The minimum Gasteiger partial charge on any atom is -0.442 e. The summed E-state index contributed by atoms with van der Waals surface area (Å²) in [6.07, 6.45) is 3.68. The van der Waals surface area contributed by atoms with Crippen LogP contribution >= 0.6 is 22.9 Å². The highest BCUT2D eigenvalue weighted by molar-refractivity contribution is 14.1. The van der Waals surface area contributed by atoms with Gasteiger partial charge in [-0.05, 0) is 33.6 Å². The molecule has 0 saturated heterocycles. The van der Waals surface area contributed by atoms with Gasteiger partial charge in [0.05, 0.1) is 33.8 Å². The number of hydrogen-bond acceptors (Lipinski definition) is 6. The molecular weight excluding hydrogens is 459 g/mol. The number of carbonyl (C=O) groups is 1. The molecule has 8 nitrogen and oxygen atoms in total. The summed E-state index contributed by atoms with van der Waals surface area (Å²) in [5, 5.41) is 5.06. The van der Waals surface area contributed by atoms with Crippen molar-refractivity contribution in [3.05, 3.63) is 29.4 Å². The van der Waals surface area contributed by atoms with Crippen LogP contribution in [-0.4, -0.2) is 38.2 Å². The molecule has 0 unspecified atom stereocenters. The summed E-state index contributed by atoms with van der Waals surface area (Å²) >= 11 is 1.98. The maximum absolute atomic E-state index is 13.3. The van der Waals surface area contributed by atoms with Gasteiger partial charge in [0, 0.05) is 31.4 Å². The molecule has 3 aromatic rings. The van der Waals surface area contributed by atoms with Crippen LogP contribution in [0.5, 0.6) is 0 Å². The van der Waals surface area contributed by atoms with Crippen LogP contribution in [0.1, 0.15) is 41.6 Å². The Kier molecular flexibility index (Phi) is 4.17. The van der Waals surface area contributed by atoms with E-state index in [1.807, 2.05) is 50.0 Å². The molecule has 3 heterocycles. The fourth-order valence-corrected chi connectivity index (χ4v) is 3.63. The third-order valence-corrected chi connectivity index (χ3v) is 6.37. The van der Waals surface area contributed by atoms with Crippen molar-refractivity contribution in [2.24, 2.45) is 7.05 Å². The maximum atomic E-state index is 13.3. The summed E-state index contributed by atoms with van der Waals surface area (Å²) in [7, 11) is 3.86. The van der Waals surface area contributed by atoms with Gasteiger partial charge in [0.15, 0.2) is 5.82 Å². The minimum absolute atomic E-state index is 0.0644. The van der Waals surface area contributed by atoms with Crippen LogP contribution in [0.3, 0.4) is 0 Å². The molecule has 1 amide bonds. The first-order valence-electron chi connectivity index (χ1n) is 8.72. The molecule has 27 heavy (non-hydrogen) atoms. The van der Waals surface area contributed by atoms with Gasteiger partial charge >= 0.3 is 0 Å². The van der Waals surface area contributed by atoms with E-state index >= 15 is 0 Å². The van der Waals surface area contributed by atoms with Gasteiger partial charge in [-0.1, -0.05) is 0 Å². The zero-order valence-corrected chi connectivity index (χ0v) is 18.1. The van der Waals surface area contributed by atoms with Crippen LogP contribution in [-0.2, 0) is 7.05 Å². The Morgan fingerprint density at radius 2 is 2.04 bits per heavy atom. The predicted molar refractivity (Wildman–Crippen MR) is 111 cm³/mol. The smallest absolute Gasteiger partial charge is 0.272 e. The van der Waals surface area contributed by atoms with Crippen LogP contribution in [0, 0.1) is 13.8 Å². The third kappa shape index (κ3) is 2.88. The molecule has 3 aromatic heterocycles. The second-order valence-corrected chi connectivity index (χ2v) is 8.29. The lowest BCUT2D eigenvalue weighted by Gasteiger charge is -2.26. The SMILES string of the molecule is Cc1oc2ncnc(N(C)C3(C)CC3)c2c1C(=O)N(I)c1cc(C)n(C)n1. The molecule has 0 spiro atoms. The van der Waals surface area contributed by atoms with Crippen molar-refractivity contribution in [1.82, 2.24) is 19.7 Å². The Hall–Kier alpha value is -2.17. The van der Waals surface area contributed by atoms with Crippen molar-refractivity contribution < 1.29 is 9.21 Å². The van der Waals surface area contributed by atoms with E-state index in [1.165, 1.54) is 9.44 Å². The zero-order valence-electron chi connectivity index (χ0n) is 15.9.